The van der Waals surface area contributed by atoms with E-state index in [1.807, 2.05) is 25.1 Å². The molecule has 0 aliphatic rings. The predicted octanol–water partition coefficient (Wildman–Crippen LogP) is 1.15. The third-order valence-corrected chi connectivity index (χ3v) is 3.29. The molecular formula is C11H17N3OS. The molecule has 16 heavy (non-hydrogen) atoms. The van der Waals surface area contributed by atoms with Gasteiger partial charge in [-0.15, -0.1) is 11.8 Å². The summed E-state index contributed by atoms with van der Waals surface area (Å²) in [6, 6.07) is 5.72. The van der Waals surface area contributed by atoms with Gasteiger partial charge in [-0.05, 0) is 25.5 Å². The number of hydrogen-bond donors (Lipinski definition) is 2. The first-order valence-corrected chi connectivity index (χ1v) is 5.96. The SMILES string of the molecule is CC(CC(C)(N)C(N)=O)Sc1ccccn1. The van der Waals surface area contributed by atoms with Crippen LogP contribution in [-0.2, 0) is 4.79 Å². The molecule has 0 fully saturated rings. The Morgan fingerprint density at radius 3 is 2.81 bits per heavy atom. The molecule has 88 valence electrons. The van der Waals surface area contributed by atoms with Crippen LogP contribution in [0.2, 0.25) is 0 Å². The maximum atomic E-state index is 11.1. The summed E-state index contributed by atoms with van der Waals surface area (Å²) in [7, 11) is 0. The lowest BCUT2D eigenvalue weighted by molar-refractivity contribution is -0.122. The van der Waals surface area contributed by atoms with Gasteiger partial charge < -0.3 is 11.5 Å². The van der Waals surface area contributed by atoms with E-state index < -0.39 is 11.4 Å². The van der Waals surface area contributed by atoms with Crippen LogP contribution in [0.3, 0.4) is 0 Å². The Hall–Kier alpha value is -1.07. The van der Waals surface area contributed by atoms with Gasteiger partial charge in [-0.3, -0.25) is 4.79 Å². The van der Waals surface area contributed by atoms with Crippen LogP contribution in [0.1, 0.15) is 20.3 Å². The van der Waals surface area contributed by atoms with Gasteiger partial charge >= 0.3 is 0 Å². The summed E-state index contributed by atoms with van der Waals surface area (Å²) in [6.45, 7) is 3.66. The van der Waals surface area contributed by atoms with Crippen LogP contribution in [0, 0.1) is 0 Å². The summed E-state index contributed by atoms with van der Waals surface area (Å²) in [6.07, 6.45) is 2.27. The first-order chi connectivity index (χ1) is 7.42. The van der Waals surface area contributed by atoms with Crippen molar-refractivity contribution in [3.05, 3.63) is 24.4 Å². The summed E-state index contributed by atoms with van der Waals surface area (Å²) < 4.78 is 0. The number of nitrogens with zero attached hydrogens (tertiary/aromatic N) is 1. The Kier molecular flexibility index (Phi) is 4.32. The van der Waals surface area contributed by atoms with E-state index >= 15 is 0 Å². The number of rotatable bonds is 5. The molecule has 0 aliphatic heterocycles. The van der Waals surface area contributed by atoms with Gasteiger partial charge in [0, 0.05) is 11.4 Å². The second-order valence-electron chi connectivity index (χ2n) is 4.08. The van der Waals surface area contributed by atoms with Gasteiger partial charge in [0.15, 0.2) is 0 Å². The fourth-order valence-corrected chi connectivity index (χ4v) is 2.48. The van der Waals surface area contributed by atoms with E-state index in [2.05, 4.69) is 4.98 Å². The largest absolute Gasteiger partial charge is 0.368 e. The molecule has 1 heterocycles. The lowest BCUT2D eigenvalue weighted by Gasteiger charge is -2.23. The van der Waals surface area contributed by atoms with Gasteiger partial charge in [0.25, 0.3) is 0 Å². The fourth-order valence-electron chi connectivity index (χ4n) is 1.36. The molecular weight excluding hydrogens is 222 g/mol. The Labute approximate surface area is 99.8 Å². The molecule has 0 aromatic carbocycles. The highest BCUT2D eigenvalue weighted by Gasteiger charge is 2.28. The van der Waals surface area contributed by atoms with Crippen LogP contribution < -0.4 is 11.5 Å². The van der Waals surface area contributed by atoms with E-state index in [1.54, 1.807) is 24.9 Å². The standard InChI is InChI=1S/C11H17N3OS/c1-8(7-11(2,13)10(12)15)16-9-5-3-4-6-14-9/h3-6,8H,7,13H2,1-2H3,(H2,12,15). The molecule has 1 aromatic rings. The van der Waals surface area contributed by atoms with Crippen molar-refractivity contribution in [2.24, 2.45) is 11.5 Å². The molecule has 1 amide bonds. The van der Waals surface area contributed by atoms with E-state index in [-0.39, 0.29) is 5.25 Å². The smallest absolute Gasteiger partial charge is 0.237 e. The first kappa shape index (κ1) is 13.0. The van der Waals surface area contributed by atoms with Gasteiger partial charge in [0.1, 0.15) is 0 Å². The zero-order valence-electron chi connectivity index (χ0n) is 9.51. The van der Waals surface area contributed by atoms with Crippen molar-refractivity contribution >= 4 is 17.7 Å². The van der Waals surface area contributed by atoms with Crippen LogP contribution in [0.25, 0.3) is 0 Å². The van der Waals surface area contributed by atoms with E-state index in [4.69, 9.17) is 11.5 Å². The fraction of sp³-hybridized carbons (Fsp3) is 0.455. The number of amides is 1. The maximum Gasteiger partial charge on any atom is 0.237 e. The molecule has 1 aromatic heterocycles. The molecule has 0 spiro atoms. The van der Waals surface area contributed by atoms with Crippen LogP contribution in [-0.4, -0.2) is 21.7 Å². The maximum absolute atomic E-state index is 11.1. The van der Waals surface area contributed by atoms with Crippen LogP contribution in [0.15, 0.2) is 29.4 Å². The summed E-state index contributed by atoms with van der Waals surface area (Å²) in [5, 5.41) is 1.12. The van der Waals surface area contributed by atoms with Crippen molar-refractivity contribution in [3.8, 4) is 0 Å². The number of nitrogens with two attached hydrogens (primary N) is 2. The number of carbonyl (C=O) groups excluding carboxylic acids is 1. The van der Waals surface area contributed by atoms with Gasteiger partial charge in [-0.2, -0.15) is 0 Å². The molecule has 0 saturated carbocycles. The number of pyridine rings is 1. The summed E-state index contributed by atoms with van der Waals surface area (Å²) in [4.78, 5) is 15.3. The Bertz CT molecular complexity index is 354. The molecule has 0 aliphatic carbocycles. The zero-order valence-corrected chi connectivity index (χ0v) is 10.3. The highest BCUT2D eigenvalue weighted by atomic mass is 32.2. The molecule has 5 heteroatoms. The van der Waals surface area contributed by atoms with Gasteiger partial charge in [-0.25, -0.2) is 4.98 Å². The van der Waals surface area contributed by atoms with E-state index in [9.17, 15) is 4.79 Å². The summed E-state index contributed by atoms with van der Waals surface area (Å²) in [5.74, 6) is -0.471. The second kappa shape index (κ2) is 5.32. The topological polar surface area (TPSA) is 82.0 Å². The van der Waals surface area contributed by atoms with Crippen LogP contribution >= 0.6 is 11.8 Å². The van der Waals surface area contributed by atoms with Crippen LogP contribution in [0.5, 0.6) is 0 Å². The van der Waals surface area contributed by atoms with Gasteiger partial charge in [-0.1, -0.05) is 13.0 Å². The van der Waals surface area contributed by atoms with Gasteiger partial charge in [0.2, 0.25) is 5.91 Å². The van der Waals surface area contributed by atoms with E-state index in [0.717, 1.165) is 5.03 Å². The van der Waals surface area contributed by atoms with Crippen LogP contribution in [0.4, 0.5) is 0 Å². The minimum Gasteiger partial charge on any atom is -0.368 e. The third-order valence-electron chi connectivity index (χ3n) is 2.23. The molecule has 4 N–H and O–H groups in total. The minimum atomic E-state index is -0.957. The highest BCUT2D eigenvalue weighted by Crippen LogP contribution is 2.25. The second-order valence-corrected chi connectivity index (χ2v) is 5.54. The molecule has 4 nitrogen and oxygen atoms in total. The van der Waals surface area contributed by atoms with Gasteiger partial charge in [0.05, 0.1) is 10.6 Å². The Morgan fingerprint density at radius 1 is 1.62 bits per heavy atom. The quantitative estimate of drug-likeness (QED) is 0.755. The molecule has 0 radical (unpaired) electrons. The van der Waals surface area contributed by atoms with Crippen molar-refractivity contribution in [1.29, 1.82) is 0 Å². The lowest BCUT2D eigenvalue weighted by atomic mass is 9.97. The third kappa shape index (κ3) is 3.83. The van der Waals surface area contributed by atoms with E-state index in [1.165, 1.54) is 0 Å². The molecule has 0 bridgehead atoms. The molecule has 2 unspecified atom stereocenters. The Morgan fingerprint density at radius 2 is 2.31 bits per heavy atom. The lowest BCUT2D eigenvalue weighted by Crippen LogP contribution is -2.50. The number of carbonyl (C=O) groups is 1. The predicted molar refractivity (Wildman–Crippen MR) is 66.0 cm³/mol. The average Bonchev–Trinajstić information content (AvgIpc) is 2.17. The minimum absolute atomic E-state index is 0.192. The summed E-state index contributed by atoms with van der Waals surface area (Å²) in [5.41, 5.74) is 10.1. The molecule has 0 saturated heterocycles. The molecule has 1 rings (SSSR count). The summed E-state index contributed by atoms with van der Waals surface area (Å²) >= 11 is 1.59. The van der Waals surface area contributed by atoms with Crippen molar-refractivity contribution in [3.63, 3.8) is 0 Å². The monoisotopic (exact) mass is 239 g/mol. The van der Waals surface area contributed by atoms with E-state index in [0.29, 0.717) is 6.42 Å². The average molecular weight is 239 g/mol. The normalized spacial score (nSPS) is 16.4. The van der Waals surface area contributed by atoms with Crippen molar-refractivity contribution in [1.82, 2.24) is 4.98 Å². The number of primary amides is 1. The zero-order chi connectivity index (χ0) is 12.2. The van der Waals surface area contributed by atoms with Crippen molar-refractivity contribution in [2.75, 3.05) is 0 Å². The first-order valence-electron chi connectivity index (χ1n) is 5.08. The highest BCUT2D eigenvalue weighted by molar-refractivity contribution is 7.99. The number of aromatic nitrogens is 1. The van der Waals surface area contributed by atoms with Crippen molar-refractivity contribution < 1.29 is 4.79 Å². The number of hydrogen-bond acceptors (Lipinski definition) is 4. The Balaban J connectivity index is 2.54. The molecule has 2 atom stereocenters. The van der Waals surface area contributed by atoms with Crippen molar-refractivity contribution in [2.45, 2.75) is 36.1 Å². The number of thioether (sulfide) groups is 1.